The molecule has 1 aliphatic rings. The van der Waals surface area contributed by atoms with Crippen molar-refractivity contribution in [1.82, 2.24) is 0 Å². The number of hydrogen-bond donors (Lipinski definition) is 2. The number of halogens is 1. The maximum atomic E-state index is 13.2. The van der Waals surface area contributed by atoms with Gasteiger partial charge in [-0.3, -0.25) is 9.59 Å². The molecule has 2 N–H and O–H groups in total. The minimum absolute atomic E-state index is 0.00556. The van der Waals surface area contributed by atoms with Crippen LogP contribution < -0.4 is 15.1 Å². The smallest absolute Gasteiger partial charge is 0.284 e. The Balaban J connectivity index is 1.60. The summed E-state index contributed by atoms with van der Waals surface area (Å²) in [7, 11) is 1.82. The number of rotatable bonds is 5. The Hall–Kier alpha value is -2.73. The summed E-state index contributed by atoms with van der Waals surface area (Å²) in [6, 6.07) is 13.3. The minimum atomic E-state index is -0.403. The fraction of sp³-hybridized carbons (Fsp3) is 0.300. The van der Waals surface area contributed by atoms with Crippen LogP contribution in [-0.4, -0.2) is 38.0 Å². The molecule has 0 fully saturated rings. The molecule has 1 aliphatic heterocycles. The highest BCUT2D eigenvalue weighted by atomic mass is 19.1. The van der Waals surface area contributed by atoms with Crippen LogP contribution in [0.25, 0.3) is 0 Å². The fourth-order valence-electron chi connectivity index (χ4n) is 3.19. The van der Waals surface area contributed by atoms with Gasteiger partial charge in [-0.2, -0.15) is 0 Å². The van der Waals surface area contributed by atoms with E-state index >= 15 is 0 Å². The van der Waals surface area contributed by atoms with Gasteiger partial charge in [0.15, 0.2) is 12.6 Å². The van der Waals surface area contributed by atoms with Crippen molar-refractivity contribution in [3.8, 4) is 0 Å². The summed E-state index contributed by atoms with van der Waals surface area (Å²) in [5.74, 6) is -0.652. The molecule has 0 radical (unpaired) electrons. The normalized spacial score (nSPS) is 15.3. The van der Waals surface area contributed by atoms with Gasteiger partial charge in [-0.1, -0.05) is 24.3 Å². The standard InChI is InChI=1S/C20H22FN3O2/c1-14(20(26)24-11-10-15-6-3-4-9-18(15)24)23(2)13-19(25)22-17-8-5-7-16(21)12-17/h3-9,12,14H,10-11,13H2,1-2H3,(H,22,25)/p+1/t14-/m0/s1. The van der Waals surface area contributed by atoms with Crippen LogP contribution in [0.3, 0.4) is 0 Å². The topological polar surface area (TPSA) is 53.9 Å². The van der Waals surface area contributed by atoms with Crippen molar-refractivity contribution in [1.29, 1.82) is 0 Å². The molecule has 2 atom stereocenters. The average molecular weight is 356 g/mol. The number of carbonyl (C=O) groups excluding carboxylic acids is 2. The van der Waals surface area contributed by atoms with Gasteiger partial charge >= 0.3 is 0 Å². The molecule has 1 unspecified atom stereocenters. The van der Waals surface area contributed by atoms with Crippen molar-refractivity contribution in [2.75, 3.05) is 30.4 Å². The van der Waals surface area contributed by atoms with Crippen molar-refractivity contribution < 1.29 is 18.9 Å². The first-order chi connectivity index (χ1) is 12.5. The monoisotopic (exact) mass is 356 g/mol. The number of fused-ring (bicyclic) bond motifs is 1. The third kappa shape index (κ3) is 3.91. The second kappa shape index (κ2) is 7.66. The van der Waals surface area contributed by atoms with Crippen molar-refractivity contribution in [2.45, 2.75) is 19.4 Å². The lowest BCUT2D eigenvalue weighted by Gasteiger charge is -2.25. The van der Waals surface area contributed by atoms with Gasteiger partial charge in [0.2, 0.25) is 0 Å². The number of hydrogen-bond acceptors (Lipinski definition) is 2. The van der Waals surface area contributed by atoms with Crippen LogP contribution in [0.5, 0.6) is 0 Å². The molecule has 3 rings (SSSR count). The van der Waals surface area contributed by atoms with E-state index in [0.717, 1.165) is 17.0 Å². The van der Waals surface area contributed by atoms with Crippen molar-refractivity contribution >= 4 is 23.2 Å². The third-order valence-electron chi connectivity index (χ3n) is 4.81. The lowest BCUT2D eigenvalue weighted by atomic mass is 10.2. The van der Waals surface area contributed by atoms with Crippen LogP contribution in [0.1, 0.15) is 12.5 Å². The predicted molar refractivity (Wildman–Crippen MR) is 98.7 cm³/mol. The highest BCUT2D eigenvalue weighted by Gasteiger charge is 2.32. The molecule has 0 aliphatic carbocycles. The molecule has 0 aromatic heterocycles. The number of carbonyl (C=O) groups is 2. The zero-order valence-electron chi connectivity index (χ0n) is 15.0. The van der Waals surface area contributed by atoms with E-state index in [2.05, 4.69) is 5.32 Å². The summed E-state index contributed by atoms with van der Waals surface area (Å²) in [5, 5.41) is 2.67. The van der Waals surface area contributed by atoms with E-state index in [0.29, 0.717) is 12.2 Å². The van der Waals surface area contributed by atoms with E-state index in [1.54, 1.807) is 17.0 Å². The summed E-state index contributed by atoms with van der Waals surface area (Å²) in [6.07, 6.45) is 0.855. The van der Waals surface area contributed by atoms with E-state index in [9.17, 15) is 14.0 Å². The lowest BCUT2D eigenvalue weighted by Crippen LogP contribution is -3.15. The zero-order chi connectivity index (χ0) is 18.7. The van der Waals surface area contributed by atoms with Crippen molar-refractivity contribution in [3.05, 3.63) is 59.9 Å². The van der Waals surface area contributed by atoms with E-state index in [4.69, 9.17) is 0 Å². The van der Waals surface area contributed by atoms with Gasteiger partial charge in [-0.05, 0) is 43.2 Å². The first-order valence-electron chi connectivity index (χ1n) is 8.72. The molecule has 0 saturated carbocycles. The number of amides is 2. The van der Waals surface area contributed by atoms with E-state index in [1.807, 2.05) is 38.2 Å². The zero-order valence-corrected chi connectivity index (χ0v) is 15.0. The molecule has 2 amide bonds. The Morgan fingerprint density at radius 2 is 2.00 bits per heavy atom. The Bertz CT molecular complexity index is 824. The molecular weight excluding hydrogens is 333 g/mol. The molecule has 0 saturated heterocycles. The maximum absolute atomic E-state index is 13.2. The lowest BCUT2D eigenvalue weighted by molar-refractivity contribution is -0.885. The van der Waals surface area contributed by atoms with Gasteiger partial charge in [0.25, 0.3) is 11.8 Å². The predicted octanol–water partition coefficient (Wildman–Crippen LogP) is 1.26. The highest BCUT2D eigenvalue weighted by molar-refractivity contribution is 5.98. The number of likely N-dealkylation sites (N-methyl/N-ethyl adjacent to an activating group) is 1. The van der Waals surface area contributed by atoms with Crippen LogP contribution in [-0.2, 0) is 16.0 Å². The summed E-state index contributed by atoms with van der Waals surface area (Å²) < 4.78 is 13.2. The van der Waals surface area contributed by atoms with Gasteiger partial charge in [0, 0.05) is 17.9 Å². The number of nitrogens with zero attached hydrogens (tertiary/aromatic N) is 1. The Morgan fingerprint density at radius 3 is 2.77 bits per heavy atom. The Morgan fingerprint density at radius 1 is 1.23 bits per heavy atom. The van der Waals surface area contributed by atoms with Crippen LogP contribution in [0.4, 0.5) is 15.8 Å². The third-order valence-corrected chi connectivity index (χ3v) is 4.81. The number of nitrogens with one attached hydrogen (secondary N) is 2. The maximum Gasteiger partial charge on any atom is 0.284 e. The molecule has 26 heavy (non-hydrogen) atoms. The van der Waals surface area contributed by atoms with E-state index < -0.39 is 5.82 Å². The summed E-state index contributed by atoms with van der Waals surface area (Å²) in [5.41, 5.74) is 2.55. The second-order valence-electron chi connectivity index (χ2n) is 6.67. The second-order valence-corrected chi connectivity index (χ2v) is 6.67. The molecule has 2 aromatic carbocycles. The largest absolute Gasteiger partial charge is 0.321 e. The van der Waals surface area contributed by atoms with Gasteiger partial charge in [0.1, 0.15) is 5.82 Å². The van der Waals surface area contributed by atoms with Crippen LogP contribution >= 0.6 is 0 Å². The summed E-state index contributed by atoms with van der Waals surface area (Å²) in [4.78, 5) is 27.6. The number of quaternary nitrogens is 1. The fourth-order valence-corrected chi connectivity index (χ4v) is 3.19. The number of para-hydroxylation sites is 1. The molecule has 2 aromatic rings. The summed E-state index contributed by atoms with van der Waals surface area (Å²) >= 11 is 0. The molecule has 1 heterocycles. The molecule has 0 bridgehead atoms. The Kier molecular flexibility index (Phi) is 5.32. The average Bonchev–Trinajstić information content (AvgIpc) is 3.04. The Labute approximate surface area is 152 Å². The van der Waals surface area contributed by atoms with Crippen molar-refractivity contribution in [3.63, 3.8) is 0 Å². The van der Waals surface area contributed by atoms with Crippen LogP contribution in [0, 0.1) is 5.82 Å². The van der Waals surface area contributed by atoms with Gasteiger partial charge in [0.05, 0.1) is 7.05 Å². The number of anilines is 2. The van der Waals surface area contributed by atoms with Gasteiger partial charge in [-0.15, -0.1) is 0 Å². The molecule has 5 nitrogen and oxygen atoms in total. The van der Waals surface area contributed by atoms with Crippen molar-refractivity contribution in [2.24, 2.45) is 0 Å². The quantitative estimate of drug-likeness (QED) is 0.847. The van der Waals surface area contributed by atoms with Crippen LogP contribution in [0.15, 0.2) is 48.5 Å². The van der Waals surface area contributed by atoms with Gasteiger partial charge < -0.3 is 15.1 Å². The molecule has 0 spiro atoms. The first-order valence-corrected chi connectivity index (χ1v) is 8.72. The summed E-state index contributed by atoms with van der Waals surface area (Å²) in [6.45, 7) is 2.62. The minimum Gasteiger partial charge on any atom is -0.321 e. The van der Waals surface area contributed by atoms with Gasteiger partial charge in [-0.25, -0.2) is 4.39 Å². The molecular formula is C20H23FN3O2+. The van der Waals surface area contributed by atoms with E-state index in [1.165, 1.54) is 17.7 Å². The SMILES string of the molecule is C[C@@H](C(=O)N1CCc2ccccc21)[NH+](C)CC(=O)Nc1cccc(F)c1. The number of benzene rings is 2. The molecule has 136 valence electrons. The first kappa shape index (κ1) is 18.1. The van der Waals surface area contributed by atoms with Crippen LogP contribution in [0.2, 0.25) is 0 Å². The highest BCUT2D eigenvalue weighted by Crippen LogP contribution is 2.27. The molecule has 6 heteroatoms. The van der Waals surface area contributed by atoms with E-state index in [-0.39, 0.29) is 24.4 Å².